The number of hydrogen-bond acceptors (Lipinski definition) is 6. The Morgan fingerprint density at radius 2 is 1.91 bits per heavy atom. The maximum atomic E-state index is 12.2. The Morgan fingerprint density at radius 3 is 2.56 bits per heavy atom. The number of ketones is 1. The van der Waals surface area contributed by atoms with Gasteiger partial charge in [0.15, 0.2) is 11.6 Å². The van der Waals surface area contributed by atoms with E-state index in [0.717, 1.165) is 4.73 Å². The summed E-state index contributed by atoms with van der Waals surface area (Å²) in [5.74, 6) is -0.119. The summed E-state index contributed by atoms with van der Waals surface area (Å²) in [5.41, 5.74) is 3.71. The average molecular weight is 423 g/mol. The Morgan fingerprint density at radius 1 is 1.12 bits per heavy atom. The smallest absolute Gasteiger partial charge is 0.248 e. The molecule has 1 amide bonds. The van der Waals surface area contributed by atoms with Crippen molar-refractivity contribution in [2.45, 2.75) is 6.92 Å². The molecule has 0 radical (unpaired) electrons. The standard InChI is InChI=1S/C24H17N5O3/c1-15(30)20-9-2-16(14-26-20)4-11-23(31)27-19-7-5-18(6-8-19)24-28-21-10-3-17(13-25)12-22(21)29(24)32/h2-12,14,32H,1H3,(H,27,31). The number of pyridine rings is 1. The average Bonchev–Trinajstić information content (AvgIpc) is 3.14. The zero-order valence-electron chi connectivity index (χ0n) is 17.0. The number of fused-ring (bicyclic) bond motifs is 1. The van der Waals surface area contributed by atoms with Gasteiger partial charge in [0.2, 0.25) is 5.91 Å². The number of nitriles is 1. The van der Waals surface area contributed by atoms with Gasteiger partial charge in [0.05, 0.1) is 17.1 Å². The van der Waals surface area contributed by atoms with Crippen molar-refractivity contribution >= 4 is 34.5 Å². The number of imidazole rings is 1. The Balaban J connectivity index is 1.46. The van der Waals surface area contributed by atoms with Gasteiger partial charge in [-0.1, -0.05) is 6.07 Å². The molecule has 0 bridgehead atoms. The Kier molecular flexibility index (Phi) is 5.47. The molecule has 0 unspecified atom stereocenters. The lowest BCUT2D eigenvalue weighted by atomic mass is 10.2. The number of carbonyl (C=O) groups excluding carboxylic acids is 2. The highest BCUT2D eigenvalue weighted by atomic mass is 16.5. The maximum Gasteiger partial charge on any atom is 0.248 e. The first kappa shape index (κ1) is 20.5. The van der Waals surface area contributed by atoms with E-state index in [9.17, 15) is 14.8 Å². The number of aromatic nitrogens is 3. The van der Waals surface area contributed by atoms with Gasteiger partial charge in [-0.05, 0) is 60.2 Å². The summed E-state index contributed by atoms with van der Waals surface area (Å²) in [5, 5.41) is 22.2. The Bertz CT molecular complexity index is 1390. The van der Waals surface area contributed by atoms with Gasteiger partial charge >= 0.3 is 0 Å². The van der Waals surface area contributed by atoms with Gasteiger partial charge < -0.3 is 10.5 Å². The highest BCUT2D eigenvalue weighted by Gasteiger charge is 2.13. The number of rotatable bonds is 5. The van der Waals surface area contributed by atoms with E-state index in [1.165, 1.54) is 19.2 Å². The van der Waals surface area contributed by atoms with Crippen molar-refractivity contribution in [1.29, 1.82) is 5.26 Å². The largest absolute Gasteiger partial charge is 0.426 e. The molecule has 0 aliphatic rings. The van der Waals surface area contributed by atoms with Crippen LogP contribution in [0.3, 0.4) is 0 Å². The van der Waals surface area contributed by atoms with Crippen LogP contribution in [-0.4, -0.2) is 31.6 Å². The van der Waals surface area contributed by atoms with Crippen molar-refractivity contribution in [3.05, 3.63) is 83.7 Å². The minimum atomic E-state index is -0.327. The van der Waals surface area contributed by atoms with Crippen molar-refractivity contribution in [2.75, 3.05) is 5.32 Å². The lowest BCUT2D eigenvalue weighted by molar-refractivity contribution is -0.111. The molecule has 0 atom stereocenters. The number of hydrogen-bond donors (Lipinski definition) is 2. The van der Waals surface area contributed by atoms with Crippen molar-refractivity contribution in [3.8, 4) is 17.5 Å². The minimum Gasteiger partial charge on any atom is -0.426 e. The molecule has 0 saturated carbocycles. The van der Waals surface area contributed by atoms with Gasteiger partial charge in [0.1, 0.15) is 11.2 Å². The third kappa shape index (κ3) is 4.22. The predicted molar refractivity (Wildman–Crippen MR) is 119 cm³/mol. The molecule has 0 spiro atoms. The van der Waals surface area contributed by atoms with Crippen LogP contribution in [0.5, 0.6) is 0 Å². The molecule has 8 heteroatoms. The molecule has 0 fully saturated rings. The second-order valence-electron chi connectivity index (χ2n) is 7.00. The van der Waals surface area contributed by atoms with E-state index < -0.39 is 0 Å². The molecule has 2 N–H and O–H groups in total. The van der Waals surface area contributed by atoms with Crippen LogP contribution in [0.4, 0.5) is 5.69 Å². The molecule has 0 aliphatic heterocycles. The van der Waals surface area contributed by atoms with Crippen molar-refractivity contribution in [2.24, 2.45) is 0 Å². The van der Waals surface area contributed by atoms with Gasteiger partial charge in [0, 0.05) is 30.4 Å². The number of carbonyl (C=O) groups is 2. The number of nitrogens with one attached hydrogen (secondary N) is 1. The van der Waals surface area contributed by atoms with Gasteiger partial charge in [0.25, 0.3) is 0 Å². The van der Waals surface area contributed by atoms with Crippen LogP contribution < -0.4 is 5.32 Å². The lowest BCUT2D eigenvalue weighted by Gasteiger charge is -2.05. The summed E-state index contributed by atoms with van der Waals surface area (Å²) in [6.45, 7) is 1.44. The molecule has 2 heterocycles. The topological polar surface area (TPSA) is 121 Å². The SMILES string of the molecule is CC(=O)c1ccc(C=CC(=O)Nc2ccc(-c3nc4ccc(C#N)cc4n3O)cc2)cn1. The maximum absolute atomic E-state index is 12.2. The molecule has 4 rings (SSSR count). The van der Waals surface area contributed by atoms with E-state index in [4.69, 9.17) is 5.26 Å². The fourth-order valence-electron chi connectivity index (χ4n) is 3.09. The van der Waals surface area contributed by atoms with Gasteiger partial charge in [-0.3, -0.25) is 14.6 Å². The third-order valence-corrected chi connectivity index (χ3v) is 4.74. The summed E-state index contributed by atoms with van der Waals surface area (Å²) in [7, 11) is 0. The third-order valence-electron chi connectivity index (χ3n) is 4.74. The van der Waals surface area contributed by atoms with E-state index >= 15 is 0 Å². The quantitative estimate of drug-likeness (QED) is 0.284. The molecule has 0 saturated heterocycles. The van der Waals surface area contributed by atoms with Crippen LogP contribution in [0.25, 0.3) is 28.5 Å². The summed E-state index contributed by atoms with van der Waals surface area (Å²) >= 11 is 0. The van der Waals surface area contributed by atoms with Crippen molar-refractivity contribution in [3.63, 3.8) is 0 Å². The number of benzene rings is 2. The Labute approximate surface area is 183 Å². The predicted octanol–water partition coefficient (Wildman–Crippen LogP) is 4.06. The summed E-state index contributed by atoms with van der Waals surface area (Å²) in [6.07, 6.45) is 4.50. The monoisotopic (exact) mass is 423 g/mol. The molecule has 32 heavy (non-hydrogen) atoms. The van der Waals surface area contributed by atoms with Crippen molar-refractivity contribution < 1.29 is 14.8 Å². The lowest BCUT2D eigenvalue weighted by Crippen LogP contribution is -2.07. The zero-order chi connectivity index (χ0) is 22.7. The van der Waals surface area contributed by atoms with Gasteiger partial charge in [-0.15, -0.1) is 0 Å². The van der Waals surface area contributed by atoms with E-state index in [1.807, 2.05) is 6.07 Å². The summed E-state index contributed by atoms with van der Waals surface area (Å²) in [6, 6.07) is 17.1. The van der Waals surface area contributed by atoms with Crippen LogP contribution in [0.15, 0.2) is 66.9 Å². The molecule has 0 aliphatic carbocycles. The molecule has 156 valence electrons. The molecular formula is C24H17N5O3. The summed E-state index contributed by atoms with van der Waals surface area (Å²) < 4.78 is 0.942. The first-order valence-electron chi connectivity index (χ1n) is 9.63. The number of amides is 1. The highest BCUT2D eigenvalue weighted by molar-refractivity contribution is 6.02. The number of Topliss-reactive ketones (excluding diaryl/α,β-unsaturated/α-hetero) is 1. The van der Waals surface area contributed by atoms with Crippen LogP contribution in [0.1, 0.15) is 28.5 Å². The first-order valence-corrected chi connectivity index (χ1v) is 9.63. The highest BCUT2D eigenvalue weighted by Crippen LogP contribution is 2.25. The molecule has 8 nitrogen and oxygen atoms in total. The van der Waals surface area contributed by atoms with Gasteiger partial charge in [-0.2, -0.15) is 9.99 Å². The molecular weight excluding hydrogens is 406 g/mol. The molecule has 2 aromatic heterocycles. The fourth-order valence-corrected chi connectivity index (χ4v) is 3.09. The van der Waals surface area contributed by atoms with Crippen LogP contribution >= 0.6 is 0 Å². The van der Waals surface area contributed by atoms with Gasteiger partial charge in [-0.25, -0.2) is 4.98 Å². The van der Waals surface area contributed by atoms with Crippen LogP contribution in [0, 0.1) is 11.3 Å². The fraction of sp³-hybridized carbons (Fsp3) is 0.0417. The zero-order valence-corrected chi connectivity index (χ0v) is 17.0. The molecule has 4 aromatic rings. The van der Waals surface area contributed by atoms with E-state index in [0.29, 0.717) is 44.9 Å². The number of anilines is 1. The second kappa shape index (κ2) is 8.53. The van der Waals surface area contributed by atoms with Crippen LogP contribution in [-0.2, 0) is 4.79 Å². The van der Waals surface area contributed by atoms with Crippen molar-refractivity contribution in [1.82, 2.24) is 14.7 Å². The van der Waals surface area contributed by atoms with Crippen LogP contribution in [0.2, 0.25) is 0 Å². The number of nitrogens with zero attached hydrogens (tertiary/aromatic N) is 4. The van der Waals surface area contributed by atoms with E-state index in [-0.39, 0.29) is 11.7 Å². The molecule has 2 aromatic carbocycles. The van der Waals surface area contributed by atoms with E-state index in [2.05, 4.69) is 15.3 Å². The minimum absolute atomic E-state index is 0.120. The summed E-state index contributed by atoms with van der Waals surface area (Å²) in [4.78, 5) is 31.9. The first-order chi connectivity index (χ1) is 15.4. The van der Waals surface area contributed by atoms with E-state index in [1.54, 1.807) is 60.7 Å². The second-order valence-corrected chi connectivity index (χ2v) is 7.00. The Hall–Kier alpha value is -4.77. The normalized spacial score (nSPS) is 10.9.